The summed E-state index contributed by atoms with van der Waals surface area (Å²) in [4.78, 5) is 16.7. The van der Waals surface area contributed by atoms with Crippen LogP contribution in [0.15, 0.2) is 24.3 Å². The van der Waals surface area contributed by atoms with E-state index < -0.39 is 0 Å². The molecule has 1 saturated heterocycles. The fourth-order valence-corrected chi connectivity index (χ4v) is 2.57. The van der Waals surface area contributed by atoms with Crippen molar-refractivity contribution in [1.82, 2.24) is 9.96 Å². The Morgan fingerprint density at radius 1 is 1.33 bits per heavy atom. The lowest BCUT2D eigenvalue weighted by atomic mass is 9.89. The zero-order valence-corrected chi connectivity index (χ0v) is 11.1. The van der Waals surface area contributed by atoms with Crippen molar-refractivity contribution in [3.05, 3.63) is 29.8 Å². The van der Waals surface area contributed by atoms with E-state index >= 15 is 0 Å². The van der Waals surface area contributed by atoms with Crippen LogP contribution in [-0.4, -0.2) is 33.7 Å². The molecule has 98 valence electrons. The number of piperidine rings is 1. The van der Waals surface area contributed by atoms with Crippen molar-refractivity contribution in [3.8, 4) is 0 Å². The highest BCUT2D eigenvalue weighted by Gasteiger charge is 2.31. The van der Waals surface area contributed by atoms with E-state index in [0.29, 0.717) is 5.92 Å². The van der Waals surface area contributed by atoms with Gasteiger partial charge in [-0.05, 0) is 31.8 Å². The van der Waals surface area contributed by atoms with Gasteiger partial charge in [0, 0.05) is 11.6 Å². The number of rotatable bonds is 4. The Morgan fingerprint density at radius 3 is 2.61 bits per heavy atom. The van der Waals surface area contributed by atoms with Crippen LogP contribution >= 0.6 is 0 Å². The van der Waals surface area contributed by atoms with E-state index in [2.05, 4.69) is 11.4 Å². The molecule has 1 atom stereocenters. The Morgan fingerprint density at radius 2 is 2.00 bits per heavy atom. The number of hydrogen-bond acceptors (Lipinski definition) is 3. The molecule has 0 spiro atoms. The molecule has 0 saturated carbocycles. The van der Waals surface area contributed by atoms with Gasteiger partial charge in [0.25, 0.3) is 0 Å². The molecule has 1 aromatic rings. The van der Waals surface area contributed by atoms with Crippen LogP contribution in [0, 0.1) is 0 Å². The SMILES string of the molecule is CO[N+](C)(C=O)c1ccccc1C1CCNCC1. The van der Waals surface area contributed by atoms with Crippen molar-refractivity contribution in [3.63, 3.8) is 0 Å². The van der Waals surface area contributed by atoms with E-state index in [-0.39, 0.29) is 4.65 Å². The predicted molar refractivity (Wildman–Crippen MR) is 72.1 cm³/mol. The van der Waals surface area contributed by atoms with Crippen LogP contribution in [0.4, 0.5) is 5.69 Å². The maximum Gasteiger partial charge on any atom is 0.338 e. The number of carbonyl (C=O) groups is 1. The molecule has 1 unspecified atom stereocenters. The first kappa shape index (κ1) is 13.2. The van der Waals surface area contributed by atoms with Gasteiger partial charge in [0.1, 0.15) is 7.05 Å². The molecule has 1 heterocycles. The smallest absolute Gasteiger partial charge is 0.317 e. The quantitative estimate of drug-likeness (QED) is 0.502. The number of nitrogens with zero attached hydrogens (tertiary/aromatic N) is 1. The molecule has 0 radical (unpaired) electrons. The zero-order valence-electron chi connectivity index (χ0n) is 11.1. The fourth-order valence-electron chi connectivity index (χ4n) is 2.57. The van der Waals surface area contributed by atoms with Gasteiger partial charge in [-0.2, -0.15) is 4.84 Å². The second-order valence-corrected chi connectivity index (χ2v) is 4.86. The molecule has 4 heteroatoms. The molecule has 1 aliphatic rings. The monoisotopic (exact) mass is 249 g/mol. The fraction of sp³-hybridized carbons (Fsp3) is 0.500. The van der Waals surface area contributed by atoms with Gasteiger partial charge in [-0.25, -0.2) is 4.79 Å². The first-order valence-electron chi connectivity index (χ1n) is 6.40. The number of carbonyl (C=O) groups excluding carboxylic acids is 1. The molecule has 18 heavy (non-hydrogen) atoms. The molecule has 1 fully saturated rings. The van der Waals surface area contributed by atoms with E-state index in [0.717, 1.165) is 38.0 Å². The second kappa shape index (κ2) is 5.61. The van der Waals surface area contributed by atoms with Gasteiger partial charge in [-0.3, -0.25) is 0 Å². The van der Waals surface area contributed by atoms with E-state index in [1.165, 1.54) is 5.56 Å². The highest BCUT2D eigenvalue weighted by Crippen LogP contribution is 2.35. The number of hydroxylamine groups is 2. The maximum atomic E-state index is 11.3. The Balaban J connectivity index is 2.38. The minimum Gasteiger partial charge on any atom is -0.317 e. The highest BCUT2D eigenvalue weighted by atomic mass is 16.7. The highest BCUT2D eigenvalue weighted by molar-refractivity contribution is 5.69. The van der Waals surface area contributed by atoms with Gasteiger partial charge in [-0.1, -0.05) is 22.8 Å². The molecule has 0 aromatic heterocycles. The van der Waals surface area contributed by atoms with Gasteiger partial charge in [0.2, 0.25) is 0 Å². The van der Waals surface area contributed by atoms with Crippen molar-refractivity contribution < 1.29 is 9.63 Å². The number of nitrogens with one attached hydrogen (secondary N) is 1. The summed E-state index contributed by atoms with van der Waals surface area (Å²) in [5, 5.41) is 3.36. The van der Waals surface area contributed by atoms with E-state index in [9.17, 15) is 4.79 Å². The minimum absolute atomic E-state index is 0.125. The first-order valence-corrected chi connectivity index (χ1v) is 6.40. The molecule has 0 bridgehead atoms. The molecule has 1 aromatic carbocycles. The number of para-hydroxylation sites is 1. The number of quaternary nitrogens is 1. The van der Waals surface area contributed by atoms with Crippen molar-refractivity contribution >= 4 is 12.1 Å². The van der Waals surface area contributed by atoms with Gasteiger partial charge < -0.3 is 5.32 Å². The van der Waals surface area contributed by atoms with Gasteiger partial charge in [0.05, 0.1) is 7.11 Å². The Hall–Kier alpha value is -1.23. The van der Waals surface area contributed by atoms with Crippen molar-refractivity contribution in [2.24, 2.45) is 0 Å². The Bertz CT molecular complexity index is 416. The van der Waals surface area contributed by atoms with Crippen LogP contribution in [-0.2, 0) is 9.63 Å². The van der Waals surface area contributed by atoms with Crippen molar-refractivity contribution in [1.29, 1.82) is 0 Å². The molecular formula is C14H21N2O2+. The number of benzene rings is 1. The summed E-state index contributed by atoms with van der Waals surface area (Å²) >= 11 is 0. The maximum absolute atomic E-state index is 11.3. The topological polar surface area (TPSA) is 38.3 Å². The Labute approximate surface area is 108 Å². The summed E-state index contributed by atoms with van der Waals surface area (Å²) in [6.07, 6.45) is 3.05. The predicted octanol–water partition coefficient (Wildman–Crippen LogP) is 1.81. The third kappa shape index (κ3) is 2.46. The lowest BCUT2D eigenvalue weighted by Crippen LogP contribution is -2.43. The average molecular weight is 249 g/mol. The van der Waals surface area contributed by atoms with Crippen LogP contribution < -0.4 is 9.96 Å². The van der Waals surface area contributed by atoms with Crippen LogP contribution in [0.2, 0.25) is 0 Å². The van der Waals surface area contributed by atoms with Gasteiger partial charge in [-0.15, -0.1) is 0 Å². The normalized spacial score (nSPS) is 20.3. The number of amides is 1. The standard InChI is InChI=1S/C14H21N2O2/c1-16(11-17,18-2)14-6-4-3-5-13(14)12-7-9-15-10-8-12/h3-6,11-12,15H,7-10H2,1-2H3/q+1. The van der Waals surface area contributed by atoms with Crippen LogP contribution in [0.25, 0.3) is 0 Å². The largest absolute Gasteiger partial charge is 0.338 e. The number of hydrogen-bond donors (Lipinski definition) is 1. The summed E-state index contributed by atoms with van der Waals surface area (Å²) in [6, 6.07) is 8.09. The molecule has 1 amide bonds. The van der Waals surface area contributed by atoms with E-state index in [1.54, 1.807) is 14.2 Å². The first-order chi connectivity index (χ1) is 8.71. The average Bonchev–Trinajstić information content (AvgIpc) is 2.47. The van der Waals surface area contributed by atoms with Crippen LogP contribution in [0.1, 0.15) is 24.3 Å². The summed E-state index contributed by atoms with van der Waals surface area (Å²) in [6.45, 7) is 2.08. The lowest BCUT2D eigenvalue weighted by molar-refractivity contribution is -0.149. The second-order valence-electron chi connectivity index (χ2n) is 4.86. The third-order valence-corrected chi connectivity index (χ3v) is 3.77. The molecule has 0 aliphatic carbocycles. The van der Waals surface area contributed by atoms with Gasteiger partial charge >= 0.3 is 6.41 Å². The third-order valence-electron chi connectivity index (χ3n) is 3.77. The molecule has 1 aliphatic heterocycles. The molecule has 2 rings (SSSR count). The molecular weight excluding hydrogens is 228 g/mol. The lowest BCUT2D eigenvalue weighted by Gasteiger charge is -2.29. The molecule has 1 N–H and O–H groups in total. The zero-order chi connectivity index (χ0) is 13.0. The molecule has 4 nitrogen and oxygen atoms in total. The summed E-state index contributed by atoms with van der Waals surface area (Å²) < 4.78 is -0.125. The summed E-state index contributed by atoms with van der Waals surface area (Å²) in [7, 11) is 3.33. The van der Waals surface area contributed by atoms with E-state index in [4.69, 9.17) is 4.84 Å². The van der Waals surface area contributed by atoms with E-state index in [1.807, 2.05) is 18.2 Å². The summed E-state index contributed by atoms with van der Waals surface area (Å²) in [5.41, 5.74) is 2.18. The van der Waals surface area contributed by atoms with Crippen molar-refractivity contribution in [2.45, 2.75) is 18.8 Å². The van der Waals surface area contributed by atoms with Gasteiger partial charge in [0.15, 0.2) is 5.69 Å². The summed E-state index contributed by atoms with van der Waals surface area (Å²) in [5.74, 6) is 0.509. The van der Waals surface area contributed by atoms with Crippen LogP contribution in [0.5, 0.6) is 0 Å². The van der Waals surface area contributed by atoms with Crippen molar-refractivity contribution in [2.75, 3.05) is 27.2 Å². The van der Waals surface area contributed by atoms with Crippen LogP contribution in [0.3, 0.4) is 0 Å². The minimum atomic E-state index is -0.125. The Kier molecular flexibility index (Phi) is 4.11.